The lowest BCUT2D eigenvalue weighted by atomic mass is 10.1. The predicted molar refractivity (Wildman–Crippen MR) is 88.9 cm³/mol. The molecule has 2 aliphatic heterocycles. The van der Waals surface area contributed by atoms with E-state index in [0.717, 1.165) is 0 Å². The molecule has 2 aliphatic rings. The Bertz CT molecular complexity index is 802. The Morgan fingerprint density at radius 3 is 2.91 bits per heavy atom. The number of hydrogen-bond donors (Lipinski definition) is 1. The number of halogens is 1. The van der Waals surface area contributed by atoms with E-state index in [0.29, 0.717) is 39.9 Å². The number of hydroxylamine groups is 1. The first-order chi connectivity index (χ1) is 11.2. The topological polar surface area (TPSA) is 53.9 Å². The molecule has 0 spiro atoms. The monoisotopic (exact) mass is 327 g/mol. The number of rotatable bonds is 3. The van der Waals surface area contributed by atoms with Gasteiger partial charge < -0.3 is 4.84 Å². The van der Waals surface area contributed by atoms with Gasteiger partial charge in [-0.1, -0.05) is 42.6 Å². The quantitative estimate of drug-likeness (QED) is 0.868. The number of allylic oxidation sites excluding steroid dienone is 1. The summed E-state index contributed by atoms with van der Waals surface area (Å²) in [6.07, 6.45) is 7.26. The Hall–Kier alpha value is -2.71. The van der Waals surface area contributed by atoms with E-state index in [4.69, 9.17) is 22.9 Å². The second kappa shape index (κ2) is 6.19. The molecular formula is C17H14ClN3O2. The Kier molecular flexibility index (Phi) is 4.09. The SMILES string of the molecule is C#CCN1C(=O)C=NC(c2ccccc2Cl)=C2NOC(CC)=C21. The summed E-state index contributed by atoms with van der Waals surface area (Å²) in [5.41, 5.74) is 5.31. The van der Waals surface area contributed by atoms with E-state index in [1.165, 1.54) is 11.1 Å². The second-order valence-corrected chi connectivity index (χ2v) is 5.33. The molecule has 1 aromatic rings. The van der Waals surface area contributed by atoms with E-state index < -0.39 is 0 Å². The first-order valence-electron chi connectivity index (χ1n) is 7.12. The zero-order valence-corrected chi connectivity index (χ0v) is 13.2. The highest BCUT2D eigenvalue weighted by Crippen LogP contribution is 2.36. The molecule has 0 aliphatic carbocycles. The molecule has 0 fully saturated rings. The molecule has 5 nitrogen and oxygen atoms in total. The molecule has 0 unspecified atom stereocenters. The van der Waals surface area contributed by atoms with Crippen molar-refractivity contribution in [2.45, 2.75) is 13.3 Å². The minimum absolute atomic E-state index is 0.133. The summed E-state index contributed by atoms with van der Waals surface area (Å²) in [7, 11) is 0. The highest BCUT2D eigenvalue weighted by Gasteiger charge is 2.34. The molecule has 0 bridgehead atoms. The van der Waals surface area contributed by atoms with Crippen molar-refractivity contribution in [3.05, 3.63) is 52.0 Å². The van der Waals surface area contributed by atoms with Crippen LogP contribution >= 0.6 is 11.6 Å². The molecule has 2 heterocycles. The third-order valence-corrected chi connectivity index (χ3v) is 3.88. The van der Waals surface area contributed by atoms with Gasteiger partial charge in [0.05, 0.1) is 17.8 Å². The predicted octanol–water partition coefficient (Wildman–Crippen LogP) is 2.71. The maximum absolute atomic E-state index is 12.4. The van der Waals surface area contributed by atoms with Gasteiger partial charge in [-0.25, -0.2) is 10.5 Å². The lowest BCUT2D eigenvalue weighted by Gasteiger charge is -2.18. The lowest BCUT2D eigenvalue weighted by molar-refractivity contribution is -0.121. The molecule has 1 N–H and O–H groups in total. The van der Waals surface area contributed by atoms with Crippen molar-refractivity contribution in [2.75, 3.05) is 6.54 Å². The van der Waals surface area contributed by atoms with Crippen LogP contribution in [-0.2, 0) is 9.63 Å². The Morgan fingerprint density at radius 2 is 2.22 bits per heavy atom. The van der Waals surface area contributed by atoms with Crippen LogP contribution in [0.3, 0.4) is 0 Å². The van der Waals surface area contributed by atoms with Gasteiger partial charge in [-0.3, -0.25) is 9.69 Å². The molecule has 6 heteroatoms. The fourth-order valence-corrected chi connectivity index (χ4v) is 2.73. The molecule has 0 saturated heterocycles. The first-order valence-corrected chi connectivity index (χ1v) is 7.49. The van der Waals surface area contributed by atoms with Crippen LogP contribution in [0, 0.1) is 12.3 Å². The van der Waals surface area contributed by atoms with Crippen LogP contribution in [0.2, 0.25) is 5.02 Å². The van der Waals surface area contributed by atoms with Crippen LogP contribution in [0.25, 0.3) is 5.70 Å². The van der Waals surface area contributed by atoms with Gasteiger partial charge in [0, 0.05) is 12.0 Å². The van der Waals surface area contributed by atoms with Gasteiger partial charge in [0.15, 0.2) is 5.76 Å². The fourth-order valence-electron chi connectivity index (χ4n) is 2.50. The summed E-state index contributed by atoms with van der Waals surface area (Å²) in [6, 6.07) is 7.30. The van der Waals surface area contributed by atoms with E-state index in [9.17, 15) is 4.79 Å². The zero-order chi connectivity index (χ0) is 16.4. The summed E-state index contributed by atoms with van der Waals surface area (Å²) in [5, 5.41) is 0.538. The van der Waals surface area contributed by atoms with Crippen molar-refractivity contribution in [1.29, 1.82) is 0 Å². The maximum Gasteiger partial charge on any atom is 0.270 e. The smallest absolute Gasteiger partial charge is 0.270 e. The number of amides is 1. The van der Waals surface area contributed by atoms with Crippen LogP contribution in [0.1, 0.15) is 18.9 Å². The molecular weight excluding hydrogens is 314 g/mol. The van der Waals surface area contributed by atoms with Crippen molar-refractivity contribution in [3.8, 4) is 12.3 Å². The van der Waals surface area contributed by atoms with E-state index in [1.54, 1.807) is 6.07 Å². The van der Waals surface area contributed by atoms with Gasteiger partial charge in [0.2, 0.25) is 0 Å². The molecule has 0 saturated carbocycles. The molecule has 0 atom stereocenters. The number of nitrogens with one attached hydrogen (secondary N) is 1. The number of carbonyl (C=O) groups is 1. The van der Waals surface area contributed by atoms with Gasteiger partial charge in [-0.2, -0.15) is 0 Å². The van der Waals surface area contributed by atoms with Gasteiger partial charge >= 0.3 is 0 Å². The highest BCUT2D eigenvalue weighted by atomic mass is 35.5. The maximum atomic E-state index is 12.4. The van der Waals surface area contributed by atoms with E-state index in [-0.39, 0.29) is 12.5 Å². The largest absolute Gasteiger partial charge is 0.384 e. The number of carbonyl (C=O) groups excluding carboxylic acids is 1. The molecule has 0 radical (unpaired) electrons. The van der Waals surface area contributed by atoms with E-state index >= 15 is 0 Å². The van der Waals surface area contributed by atoms with Crippen LogP contribution in [0.4, 0.5) is 0 Å². The van der Waals surface area contributed by atoms with E-state index in [2.05, 4.69) is 16.4 Å². The second-order valence-electron chi connectivity index (χ2n) is 4.92. The number of hydrogen-bond acceptors (Lipinski definition) is 4. The Balaban J connectivity index is 2.24. The van der Waals surface area contributed by atoms with Crippen LogP contribution in [-0.4, -0.2) is 23.6 Å². The lowest BCUT2D eigenvalue weighted by Crippen LogP contribution is -2.32. The van der Waals surface area contributed by atoms with Gasteiger partial charge in [-0.05, 0) is 6.07 Å². The molecule has 1 amide bonds. The molecule has 0 aromatic heterocycles. The fraction of sp³-hybridized carbons (Fsp3) is 0.176. The summed E-state index contributed by atoms with van der Waals surface area (Å²) < 4.78 is 0. The van der Waals surface area contributed by atoms with Crippen molar-refractivity contribution < 1.29 is 9.63 Å². The third-order valence-electron chi connectivity index (χ3n) is 3.55. The van der Waals surface area contributed by atoms with Gasteiger partial charge in [0.25, 0.3) is 5.91 Å². The van der Waals surface area contributed by atoms with Crippen molar-refractivity contribution in [3.63, 3.8) is 0 Å². The third kappa shape index (κ3) is 2.58. The normalized spacial score (nSPS) is 16.7. The average Bonchev–Trinajstić information content (AvgIpc) is 2.92. The first kappa shape index (κ1) is 15.2. The van der Waals surface area contributed by atoms with Crippen LogP contribution < -0.4 is 5.48 Å². The average molecular weight is 328 g/mol. The van der Waals surface area contributed by atoms with Crippen molar-refractivity contribution >= 4 is 29.4 Å². The zero-order valence-electron chi connectivity index (χ0n) is 12.5. The molecule has 23 heavy (non-hydrogen) atoms. The molecule has 3 rings (SSSR count). The minimum atomic E-state index is -0.296. The van der Waals surface area contributed by atoms with Crippen molar-refractivity contribution in [1.82, 2.24) is 10.4 Å². The Morgan fingerprint density at radius 1 is 1.43 bits per heavy atom. The number of terminal acetylenes is 1. The summed E-state index contributed by atoms with van der Waals surface area (Å²) in [4.78, 5) is 23.7. The summed E-state index contributed by atoms with van der Waals surface area (Å²) in [6.45, 7) is 2.07. The summed E-state index contributed by atoms with van der Waals surface area (Å²) in [5.74, 6) is 2.84. The van der Waals surface area contributed by atoms with Crippen LogP contribution in [0.15, 0.2) is 46.4 Å². The summed E-state index contributed by atoms with van der Waals surface area (Å²) >= 11 is 6.28. The number of aliphatic imine (C=N–C) groups is 1. The number of benzene rings is 1. The molecule has 1 aromatic carbocycles. The number of fused-ring (bicyclic) bond motifs is 1. The minimum Gasteiger partial charge on any atom is -0.384 e. The van der Waals surface area contributed by atoms with Crippen molar-refractivity contribution in [2.24, 2.45) is 4.99 Å². The standard InChI is InChI=1S/C17H14ClN3O2/c1-3-9-21-14(22)10-19-15(11-7-5-6-8-12(11)18)16-17(21)13(4-2)23-20-16/h1,5-8,10,20H,4,9H2,2H3. The Labute approximate surface area is 139 Å². The van der Waals surface area contributed by atoms with Crippen LogP contribution in [0.5, 0.6) is 0 Å². The molecule has 116 valence electrons. The number of nitrogens with zero attached hydrogens (tertiary/aromatic N) is 2. The highest BCUT2D eigenvalue weighted by molar-refractivity contribution is 6.33. The van der Waals surface area contributed by atoms with Gasteiger partial charge in [-0.15, -0.1) is 6.42 Å². The van der Waals surface area contributed by atoms with E-state index in [1.807, 2.05) is 25.1 Å². The van der Waals surface area contributed by atoms with Gasteiger partial charge in [0.1, 0.15) is 17.1 Å².